The first-order valence-corrected chi connectivity index (χ1v) is 6.17. The van der Waals surface area contributed by atoms with Gasteiger partial charge < -0.3 is 10.1 Å². The summed E-state index contributed by atoms with van der Waals surface area (Å²) in [7, 11) is 0. The Morgan fingerprint density at radius 2 is 1.81 bits per heavy atom. The highest BCUT2D eigenvalue weighted by Crippen LogP contribution is 2.48. The highest BCUT2D eigenvalue weighted by atomic mass is 16.5. The summed E-state index contributed by atoms with van der Waals surface area (Å²) < 4.78 is 4.64. The molecule has 2 aliphatic carbocycles. The van der Waals surface area contributed by atoms with Gasteiger partial charge in [-0.1, -0.05) is 0 Å². The first-order valence-electron chi connectivity index (χ1n) is 6.17. The lowest BCUT2D eigenvalue weighted by atomic mass is 9.98. The third-order valence-electron chi connectivity index (χ3n) is 3.41. The molecule has 90 valence electrons. The molecular weight excluding hydrogens is 206 g/mol. The largest absolute Gasteiger partial charge is 0.459 e. The molecule has 0 aromatic carbocycles. The normalized spacial score (nSPS) is 19.6. The van der Waals surface area contributed by atoms with Crippen molar-refractivity contribution in [2.45, 2.75) is 32.6 Å². The number of rotatable bonds is 5. The minimum absolute atomic E-state index is 0.251. The Bertz CT molecular complexity index is 270. The van der Waals surface area contributed by atoms with Gasteiger partial charge in [0.25, 0.3) is 0 Å². The van der Waals surface area contributed by atoms with E-state index in [1.807, 2.05) is 0 Å². The van der Waals surface area contributed by atoms with Gasteiger partial charge in [-0.3, -0.25) is 4.79 Å². The molecule has 1 N–H and O–H groups in total. The molecule has 0 spiro atoms. The topological polar surface area (TPSA) is 55.4 Å². The number of amides is 1. The number of hydrogen-bond acceptors (Lipinski definition) is 3. The number of esters is 1. The zero-order chi connectivity index (χ0) is 11.5. The van der Waals surface area contributed by atoms with E-state index in [-0.39, 0.29) is 6.61 Å². The summed E-state index contributed by atoms with van der Waals surface area (Å²) in [5.41, 5.74) is 0. The maximum atomic E-state index is 11.3. The highest BCUT2D eigenvalue weighted by Gasteiger charge is 2.41. The molecule has 2 fully saturated rings. The molecule has 0 heterocycles. The average molecular weight is 225 g/mol. The van der Waals surface area contributed by atoms with Crippen molar-refractivity contribution in [1.29, 1.82) is 0 Å². The Kier molecular flexibility index (Phi) is 3.46. The predicted octanol–water partition coefficient (Wildman–Crippen LogP) is 1.10. The second-order valence-electron chi connectivity index (χ2n) is 4.77. The number of ether oxygens (including phenoxy) is 1. The minimum atomic E-state index is -0.757. The predicted molar refractivity (Wildman–Crippen MR) is 58.6 cm³/mol. The molecule has 0 unspecified atom stereocenters. The Morgan fingerprint density at radius 3 is 2.25 bits per heavy atom. The van der Waals surface area contributed by atoms with E-state index in [4.69, 9.17) is 0 Å². The highest BCUT2D eigenvalue weighted by molar-refractivity contribution is 6.32. The van der Waals surface area contributed by atoms with Crippen molar-refractivity contribution in [3.8, 4) is 0 Å². The summed E-state index contributed by atoms with van der Waals surface area (Å²) in [6.45, 7) is 2.59. The van der Waals surface area contributed by atoms with E-state index in [9.17, 15) is 9.59 Å². The van der Waals surface area contributed by atoms with Gasteiger partial charge in [0.15, 0.2) is 0 Å². The van der Waals surface area contributed by atoms with Gasteiger partial charge in [0.05, 0.1) is 6.61 Å². The average Bonchev–Trinajstić information content (AvgIpc) is 3.12. The molecule has 4 heteroatoms. The standard InChI is InChI=1S/C12H19NO3/c1-2-16-12(15)11(14)13-7-10(8-3-4-8)9-5-6-9/h8-10H,2-7H2,1H3,(H,13,14). The minimum Gasteiger partial charge on any atom is -0.459 e. The van der Waals surface area contributed by atoms with E-state index in [1.54, 1.807) is 6.92 Å². The molecule has 2 aliphatic rings. The molecule has 0 aliphatic heterocycles. The van der Waals surface area contributed by atoms with Crippen LogP contribution in [0.1, 0.15) is 32.6 Å². The van der Waals surface area contributed by atoms with Crippen LogP contribution in [0.2, 0.25) is 0 Å². The van der Waals surface area contributed by atoms with E-state index in [0.717, 1.165) is 11.8 Å². The van der Waals surface area contributed by atoms with Crippen molar-refractivity contribution in [2.24, 2.45) is 17.8 Å². The van der Waals surface area contributed by atoms with Gasteiger partial charge >= 0.3 is 11.9 Å². The van der Waals surface area contributed by atoms with Gasteiger partial charge in [-0.05, 0) is 50.4 Å². The maximum absolute atomic E-state index is 11.3. The Morgan fingerprint density at radius 1 is 1.25 bits per heavy atom. The van der Waals surface area contributed by atoms with E-state index in [2.05, 4.69) is 10.1 Å². The van der Waals surface area contributed by atoms with E-state index >= 15 is 0 Å². The number of nitrogens with one attached hydrogen (secondary N) is 1. The second kappa shape index (κ2) is 4.85. The molecule has 0 saturated heterocycles. The van der Waals surface area contributed by atoms with Gasteiger partial charge in [-0.15, -0.1) is 0 Å². The van der Waals surface area contributed by atoms with Gasteiger partial charge in [-0.25, -0.2) is 4.79 Å². The van der Waals surface area contributed by atoms with E-state index in [0.29, 0.717) is 12.5 Å². The van der Waals surface area contributed by atoms with Crippen molar-refractivity contribution in [2.75, 3.05) is 13.2 Å². The molecule has 0 radical (unpaired) electrons. The van der Waals surface area contributed by atoms with Crippen LogP contribution in [0.5, 0.6) is 0 Å². The molecule has 1 amide bonds. The van der Waals surface area contributed by atoms with Crippen molar-refractivity contribution in [1.82, 2.24) is 5.32 Å². The van der Waals surface area contributed by atoms with Crippen molar-refractivity contribution in [3.05, 3.63) is 0 Å². The number of carbonyl (C=O) groups is 2. The summed E-state index contributed by atoms with van der Waals surface area (Å²) in [6.07, 6.45) is 5.15. The van der Waals surface area contributed by atoms with Crippen molar-refractivity contribution in [3.63, 3.8) is 0 Å². The summed E-state index contributed by atoms with van der Waals surface area (Å²) in [4.78, 5) is 22.4. The molecule has 0 bridgehead atoms. The monoisotopic (exact) mass is 225 g/mol. The SMILES string of the molecule is CCOC(=O)C(=O)NCC(C1CC1)C1CC1. The number of hydrogen-bond donors (Lipinski definition) is 1. The fraction of sp³-hybridized carbons (Fsp3) is 0.833. The summed E-state index contributed by atoms with van der Waals surface area (Å²) in [5, 5.41) is 2.70. The van der Waals surface area contributed by atoms with Gasteiger partial charge in [-0.2, -0.15) is 0 Å². The third-order valence-corrected chi connectivity index (χ3v) is 3.41. The molecule has 4 nitrogen and oxygen atoms in total. The van der Waals surface area contributed by atoms with E-state index < -0.39 is 11.9 Å². The molecular formula is C12H19NO3. The van der Waals surface area contributed by atoms with Crippen LogP contribution in [-0.2, 0) is 14.3 Å². The molecule has 0 atom stereocenters. The Balaban J connectivity index is 1.72. The molecule has 0 aromatic heterocycles. The third kappa shape index (κ3) is 2.97. The van der Waals surface area contributed by atoms with Gasteiger partial charge in [0, 0.05) is 6.54 Å². The van der Waals surface area contributed by atoms with Crippen LogP contribution in [-0.4, -0.2) is 25.0 Å². The first kappa shape index (κ1) is 11.4. The lowest BCUT2D eigenvalue weighted by Crippen LogP contribution is -2.36. The van der Waals surface area contributed by atoms with Crippen LogP contribution in [0, 0.1) is 17.8 Å². The van der Waals surface area contributed by atoms with Crippen LogP contribution in [0.15, 0.2) is 0 Å². The van der Waals surface area contributed by atoms with Crippen LogP contribution in [0.4, 0.5) is 0 Å². The Labute approximate surface area is 95.7 Å². The summed E-state index contributed by atoms with van der Waals surface area (Å²) in [6, 6.07) is 0. The zero-order valence-electron chi connectivity index (χ0n) is 9.70. The first-order chi connectivity index (χ1) is 7.72. The fourth-order valence-corrected chi connectivity index (χ4v) is 2.25. The Hall–Kier alpha value is -1.06. The quantitative estimate of drug-likeness (QED) is 0.563. The summed E-state index contributed by atoms with van der Waals surface area (Å²) >= 11 is 0. The molecule has 0 aromatic rings. The second-order valence-corrected chi connectivity index (χ2v) is 4.77. The smallest absolute Gasteiger partial charge is 0.396 e. The number of carbonyl (C=O) groups excluding carboxylic acids is 2. The molecule has 2 rings (SSSR count). The van der Waals surface area contributed by atoms with E-state index in [1.165, 1.54) is 25.7 Å². The summed E-state index contributed by atoms with van der Waals surface area (Å²) in [5.74, 6) is 0.823. The van der Waals surface area contributed by atoms with Crippen LogP contribution in [0.25, 0.3) is 0 Å². The zero-order valence-corrected chi connectivity index (χ0v) is 9.70. The van der Waals surface area contributed by atoms with Gasteiger partial charge in [0.1, 0.15) is 0 Å². The molecule has 16 heavy (non-hydrogen) atoms. The maximum Gasteiger partial charge on any atom is 0.396 e. The fourth-order valence-electron chi connectivity index (χ4n) is 2.25. The van der Waals surface area contributed by atoms with Crippen molar-refractivity contribution < 1.29 is 14.3 Å². The molecule has 2 saturated carbocycles. The van der Waals surface area contributed by atoms with Crippen LogP contribution >= 0.6 is 0 Å². The van der Waals surface area contributed by atoms with Crippen molar-refractivity contribution >= 4 is 11.9 Å². The van der Waals surface area contributed by atoms with Crippen LogP contribution in [0.3, 0.4) is 0 Å². The lowest BCUT2D eigenvalue weighted by Gasteiger charge is -2.15. The van der Waals surface area contributed by atoms with Gasteiger partial charge in [0.2, 0.25) is 0 Å². The van der Waals surface area contributed by atoms with Crippen LogP contribution < -0.4 is 5.32 Å². The lowest BCUT2D eigenvalue weighted by molar-refractivity contribution is -0.154.